The van der Waals surface area contributed by atoms with Crippen LogP contribution in [0, 0.1) is 0 Å². The van der Waals surface area contributed by atoms with Crippen molar-refractivity contribution in [2.24, 2.45) is 0 Å². The number of nitrogens with zero attached hydrogens (tertiary/aromatic N) is 2. The van der Waals surface area contributed by atoms with Crippen LogP contribution in [0.1, 0.15) is 12.5 Å². The van der Waals surface area contributed by atoms with Gasteiger partial charge in [-0.2, -0.15) is 0 Å². The maximum Gasteiger partial charge on any atom is 0.227 e. The van der Waals surface area contributed by atoms with E-state index in [0.717, 1.165) is 22.2 Å². The van der Waals surface area contributed by atoms with E-state index in [1.807, 2.05) is 29.3 Å². The van der Waals surface area contributed by atoms with Crippen molar-refractivity contribution in [2.75, 3.05) is 33.3 Å². The molecule has 1 aliphatic heterocycles. The van der Waals surface area contributed by atoms with E-state index in [1.165, 1.54) is 0 Å². The van der Waals surface area contributed by atoms with E-state index in [-0.39, 0.29) is 11.8 Å². The summed E-state index contributed by atoms with van der Waals surface area (Å²) < 4.78 is 5.26. The Kier molecular flexibility index (Phi) is 4.23. The summed E-state index contributed by atoms with van der Waals surface area (Å²) >= 11 is 0. The number of hydrogen-bond donors (Lipinski definition) is 1. The summed E-state index contributed by atoms with van der Waals surface area (Å²) in [5.41, 5.74) is 1.97. The average molecular weight is 315 g/mol. The SMILES string of the molecule is COc1ccc2[nH]cc(CC(=O)N3CCN(C(C)=O)CC3)c2c1. The molecule has 0 aliphatic carbocycles. The lowest BCUT2D eigenvalue weighted by atomic mass is 10.1. The van der Waals surface area contributed by atoms with Crippen molar-refractivity contribution < 1.29 is 14.3 Å². The van der Waals surface area contributed by atoms with Crippen molar-refractivity contribution in [2.45, 2.75) is 13.3 Å². The van der Waals surface area contributed by atoms with Gasteiger partial charge in [0, 0.05) is 50.2 Å². The van der Waals surface area contributed by atoms with Crippen LogP contribution >= 0.6 is 0 Å². The summed E-state index contributed by atoms with van der Waals surface area (Å²) in [5, 5.41) is 1.01. The smallest absolute Gasteiger partial charge is 0.227 e. The van der Waals surface area contributed by atoms with Gasteiger partial charge in [-0.3, -0.25) is 9.59 Å². The molecule has 0 unspecified atom stereocenters. The predicted molar refractivity (Wildman–Crippen MR) is 87.4 cm³/mol. The van der Waals surface area contributed by atoms with Crippen LogP contribution < -0.4 is 4.74 Å². The minimum atomic E-state index is 0.0702. The quantitative estimate of drug-likeness (QED) is 0.931. The van der Waals surface area contributed by atoms with Crippen LogP contribution in [0.4, 0.5) is 0 Å². The Morgan fingerprint density at radius 2 is 1.87 bits per heavy atom. The van der Waals surface area contributed by atoms with E-state index in [2.05, 4.69) is 4.98 Å². The number of methoxy groups -OCH3 is 1. The zero-order valence-corrected chi connectivity index (χ0v) is 13.5. The average Bonchev–Trinajstić information content (AvgIpc) is 2.97. The van der Waals surface area contributed by atoms with E-state index in [9.17, 15) is 9.59 Å². The molecule has 1 aromatic heterocycles. The van der Waals surface area contributed by atoms with Gasteiger partial charge in [0.25, 0.3) is 0 Å². The van der Waals surface area contributed by atoms with Gasteiger partial charge in [0.1, 0.15) is 5.75 Å². The molecule has 0 radical (unpaired) electrons. The highest BCUT2D eigenvalue weighted by Crippen LogP contribution is 2.24. The molecular weight excluding hydrogens is 294 g/mol. The first kappa shape index (κ1) is 15.4. The highest BCUT2D eigenvalue weighted by Gasteiger charge is 2.23. The Hall–Kier alpha value is -2.50. The summed E-state index contributed by atoms with van der Waals surface area (Å²) in [7, 11) is 1.63. The fourth-order valence-electron chi connectivity index (χ4n) is 2.98. The van der Waals surface area contributed by atoms with Crippen molar-refractivity contribution in [3.63, 3.8) is 0 Å². The van der Waals surface area contributed by atoms with E-state index >= 15 is 0 Å². The molecule has 1 saturated heterocycles. The maximum atomic E-state index is 12.5. The number of fused-ring (bicyclic) bond motifs is 1. The normalized spacial score (nSPS) is 15.0. The third-order valence-electron chi connectivity index (χ3n) is 4.39. The molecule has 0 atom stereocenters. The zero-order valence-electron chi connectivity index (χ0n) is 13.5. The number of aromatic amines is 1. The molecular formula is C17H21N3O3. The molecule has 23 heavy (non-hydrogen) atoms. The second kappa shape index (κ2) is 6.32. The number of H-pyrrole nitrogens is 1. The lowest BCUT2D eigenvalue weighted by Crippen LogP contribution is -2.50. The fourth-order valence-corrected chi connectivity index (χ4v) is 2.98. The second-order valence-corrected chi connectivity index (χ2v) is 5.79. The standard InChI is InChI=1S/C17H21N3O3/c1-12(21)19-5-7-20(8-6-19)17(22)9-13-11-18-16-4-3-14(23-2)10-15(13)16/h3-4,10-11,18H,5-9H2,1-2H3. The van der Waals surface area contributed by atoms with Crippen LogP contribution in [0.5, 0.6) is 5.75 Å². The van der Waals surface area contributed by atoms with E-state index in [1.54, 1.807) is 18.9 Å². The van der Waals surface area contributed by atoms with E-state index in [0.29, 0.717) is 32.6 Å². The highest BCUT2D eigenvalue weighted by molar-refractivity contribution is 5.89. The molecule has 3 rings (SSSR count). The fraction of sp³-hybridized carbons (Fsp3) is 0.412. The van der Waals surface area contributed by atoms with Crippen molar-refractivity contribution in [1.29, 1.82) is 0 Å². The van der Waals surface area contributed by atoms with Gasteiger partial charge in [-0.25, -0.2) is 0 Å². The molecule has 2 heterocycles. The Morgan fingerprint density at radius 1 is 1.17 bits per heavy atom. The van der Waals surface area contributed by atoms with Crippen molar-refractivity contribution in [3.8, 4) is 5.75 Å². The van der Waals surface area contributed by atoms with Gasteiger partial charge in [0.2, 0.25) is 11.8 Å². The minimum Gasteiger partial charge on any atom is -0.497 e. The molecule has 0 bridgehead atoms. The van der Waals surface area contributed by atoms with Crippen molar-refractivity contribution >= 4 is 22.7 Å². The molecule has 1 aliphatic rings. The number of piperazine rings is 1. The van der Waals surface area contributed by atoms with Crippen LogP contribution in [-0.2, 0) is 16.0 Å². The Morgan fingerprint density at radius 3 is 2.52 bits per heavy atom. The zero-order chi connectivity index (χ0) is 16.4. The van der Waals surface area contributed by atoms with Gasteiger partial charge in [-0.15, -0.1) is 0 Å². The Balaban J connectivity index is 1.70. The highest BCUT2D eigenvalue weighted by atomic mass is 16.5. The molecule has 6 nitrogen and oxygen atoms in total. The number of carbonyl (C=O) groups excluding carboxylic acids is 2. The molecule has 1 N–H and O–H groups in total. The first-order valence-electron chi connectivity index (χ1n) is 7.76. The van der Waals surface area contributed by atoms with Crippen molar-refractivity contribution in [3.05, 3.63) is 30.0 Å². The summed E-state index contributed by atoms with van der Waals surface area (Å²) in [6.07, 6.45) is 2.24. The monoisotopic (exact) mass is 315 g/mol. The lowest BCUT2D eigenvalue weighted by molar-refractivity contribution is -0.137. The van der Waals surface area contributed by atoms with Crippen LogP contribution in [0.15, 0.2) is 24.4 Å². The van der Waals surface area contributed by atoms with Gasteiger partial charge in [0.05, 0.1) is 13.5 Å². The van der Waals surface area contributed by atoms with Gasteiger partial charge >= 0.3 is 0 Å². The number of rotatable bonds is 3. The predicted octanol–water partition coefficient (Wildman–Crippen LogP) is 1.41. The van der Waals surface area contributed by atoms with Gasteiger partial charge in [-0.1, -0.05) is 0 Å². The number of benzene rings is 1. The topological polar surface area (TPSA) is 65.6 Å². The Bertz CT molecular complexity index is 730. The number of hydrogen-bond acceptors (Lipinski definition) is 3. The van der Waals surface area contributed by atoms with Gasteiger partial charge in [0.15, 0.2) is 0 Å². The van der Waals surface area contributed by atoms with Crippen LogP contribution in [0.25, 0.3) is 10.9 Å². The molecule has 122 valence electrons. The molecule has 6 heteroatoms. The van der Waals surface area contributed by atoms with Crippen LogP contribution in [0.2, 0.25) is 0 Å². The number of aromatic nitrogens is 1. The van der Waals surface area contributed by atoms with Gasteiger partial charge in [-0.05, 0) is 23.8 Å². The summed E-state index contributed by atoms with van der Waals surface area (Å²) in [6, 6.07) is 5.79. The molecule has 0 saturated carbocycles. The molecule has 1 aromatic carbocycles. The van der Waals surface area contributed by atoms with E-state index in [4.69, 9.17) is 4.74 Å². The number of ether oxygens (including phenoxy) is 1. The molecule has 2 amide bonds. The summed E-state index contributed by atoms with van der Waals surface area (Å²) in [4.78, 5) is 30.7. The first-order chi connectivity index (χ1) is 11.1. The lowest BCUT2D eigenvalue weighted by Gasteiger charge is -2.34. The first-order valence-corrected chi connectivity index (χ1v) is 7.76. The van der Waals surface area contributed by atoms with Crippen molar-refractivity contribution in [1.82, 2.24) is 14.8 Å². The van der Waals surface area contributed by atoms with Crippen LogP contribution in [0.3, 0.4) is 0 Å². The number of nitrogens with one attached hydrogen (secondary N) is 1. The van der Waals surface area contributed by atoms with Crippen LogP contribution in [-0.4, -0.2) is 59.9 Å². The minimum absolute atomic E-state index is 0.0702. The summed E-state index contributed by atoms with van der Waals surface area (Å²) in [5.74, 6) is 0.943. The van der Waals surface area contributed by atoms with Gasteiger partial charge < -0.3 is 19.5 Å². The number of carbonyl (C=O) groups is 2. The molecule has 1 fully saturated rings. The molecule has 0 spiro atoms. The largest absolute Gasteiger partial charge is 0.497 e. The third kappa shape index (κ3) is 3.16. The second-order valence-electron chi connectivity index (χ2n) is 5.79. The van der Waals surface area contributed by atoms with E-state index < -0.39 is 0 Å². The third-order valence-corrected chi connectivity index (χ3v) is 4.39. The molecule has 2 aromatic rings. The number of amides is 2. The maximum absolute atomic E-state index is 12.5. The Labute approximate surface area is 135 Å². The summed E-state index contributed by atoms with van der Waals surface area (Å²) in [6.45, 7) is 4.00.